The third-order valence-electron chi connectivity index (χ3n) is 10.9. The van der Waals surface area contributed by atoms with E-state index >= 15 is 0 Å². The van der Waals surface area contributed by atoms with E-state index < -0.39 is 0 Å². The van der Waals surface area contributed by atoms with Crippen molar-refractivity contribution in [2.24, 2.45) is 39.4 Å². The highest BCUT2D eigenvalue weighted by Gasteiger charge is 2.67. The Morgan fingerprint density at radius 1 is 0.833 bits per heavy atom. The predicted octanol–water partition coefficient (Wildman–Crippen LogP) is 5.63. The summed E-state index contributed by atoms with van der Waals surface area (Å²) in [5.41, 5.74) is 2.11. The van der Waals surface area contributed by atoms with Gasteiger partial charge in [0.15, 0.2) is 11.6 Å². The van der Waals surface area contributed by atoms with Crippen LogP contribution in [0.1, 0.15) is 86.5 Å². The first-order chi connectivity index (χ1) is 13.9. The molecule has 0 unspecified atom stereocenters. The van der Waals surface area contributed by atoms with Crippen molar-refractivity contribution in [2.75, 3.05) is 0 Å². The Morgan fingerprint density at radius 3 is 2.17 bits per heavy atom. The lowest BCUT2D eigenvalue weighted by Gasteiger charge is -2.67. The molecule has 30 heavy (non-hydrogen) atoms. The number of ketones is 3. The Labute approximate surface area is 180 Å². The van der Waals surface area contributed by atoms with Crippen molar-refractivity contribution >= 4 is 17.3 Å². The highest BCUT2D eigenvalue weighted by Crippen LogP contribution is 2.73. The van der Waals surface area contributed by atoms with Gasteiger partial charge in [0.05, 0.1) is 0 Å². The molecule has 3 fully saturated rings. The summed E-state index contributed by atoms with van der Waals surface area (Å²) in [7, 11) is 0. The van der Waals surface area contributed by atoms with E-state index in [2.05, 4.69) is 34.6 Å². The molecule has 5 aliphatic rings. The predicted molar refractivity (Wildman–Crippen MR) is 117 cm³/mol. The van der Waals surface area contributed by atoms with Crippen LogP contribution in [0, 0.1) is 39.4 Å². The molecule has 5 aliphatic carbocycles. The van der Waals surface area contributed by atoms with E-state index in [0.717, 1.165) is 49.7 Å². The third-order valence-corrected chi connectivity index (χ3v) is 10.9. The van der Waals surface area contributed by atoms with Gasteiger partial charge in [-0.05, 0) is 80.1 Å². The van der Waals surface area contributed by atoms with Crippen LogP contribution in [0.25, 0.3) is 0 Å². The van der Waals surface area contributed by atoms with Crippen molar-refractivity contribution in [1.29, 1.82) is 0 Å². The van der Waals surface area contributed by atoms with Crippen molar-refractivity contribution in [3.05, 3.63) is 22.8 Å². The maximum atomic E-state index is 13.0. The van der Waals surface area contributed by atoms with Gasteiger partial charge < -0.3 is 0 Å². The summed E-state index contributed by atoms with van der Waals surface area (Å²) in [4.78, 5) is 38.8. The molecule has 0 N–H and O–H groups in total. The zero-order valence-electron chi connectivity index (χ0n) is 19.5. The van der Waals surface area contributed by atoms with Crippen molar-refractivity contribution < 1.29 is 14.4 Å². The minimum atomic E-state index is -0.241. The van der Waals surface area contributed by atoms with E-state index in [9.17, 15) is 14.4 Å². The summed E-state index contributed by atoms with van der Waals surface area (Å²) in [6, 6.07) is 0. The molecule has 0 bridgehead atoms. The Morgan fingerprint density at radius 2 is 1.47 bits per heavy atom. The fourth-order valence-electron chi connectivity index (χ4n) is 9.43. The standard InChI is InChI=1S/C27H36O3/c1-15-13-17(28)22-16(23(15)30)14-20-26(5)10-7-18-24(2,3)21(29)9-12-25(18,4)19(26)8-11-27(20,22)6/h13,18-20H,7-12,14H2,1-6H3/t18-,19-,20+,25-,26-,27+/m0/s1. The molecule has 162 valence electrons. The van der Waals surface area contributed by atoms with E-state index in [0.29, 0.717) is 35.5 Å². The first-order valence-corrected chi connectivity index (χ1v) is 11.9. The largest absolute Gasteiger partial charge is 0.299 e. The molecule has 0 aliphatic heterocycles. The SMILES string of the molecule is CC1=CC(=O)C2=C(C[C@@H]3[C@@]4(C)CC[C@H]5C(C)(C)C(=O)CC[C@]5(C)[C@@H]4CC[C@@]23C)C1=O. The second-order valence-corrected chi connectivity index (χ2v) is 12.4. The monoisotopic (exact) mass is 408 g/mol. The van der Waals surface area contributed by atoms with Gasteiger partial charge in [-0.1, -0.05) is 34.6 Å². The van der Waals surface area contributed by atoms with E-state index in [-0.39, 0.29) is 33.2 Å². The highest BCUT2D eigenvalue weighted by atomic mass is 16.1. The molecule has 3 heteroatoms. The smallest absolute Gasteiger partial charge is 0.185 e. The lowest BCUT2D eigenvalue weighted by Crippen LogP contribution is -2.62. The summed E-state index contributed by atoms with van der Waals surface area (Å²) in [6.07, 6.45) is 8.30. The number of fused-ring (bicyclic) bond motifs is 6. The van der Waals surface area contributed by atoms with Crippen LogP contribution in [0.2, 0.25) is 0 Å². The first-order valence-electron chi connectivity index (χ1n) is 11.9. The molecule has 5 rings (SSSR count). The third kappa shape index (κ3) is 2.20. The van der Waals surface area contributed by atoms with Crippen LogP contribution in [0.15, 0.2) is 22.8 Å². The summed E-state index contributed by atoms with van der Waals surface area (Å²) in [5, 5.41) is 0. The molecular formula is C27H36O3. The highest BCUT2D eigenvalue weighted by molar-refractivity contribution is 6.23. The van der Waals surface area contributed by atoms with E-state index in [1.54, 1.807) is 13.0 Å². The molecule has 0 aromatic rings. The zero-order chi connectivity index (χ0) is 21.9. The van der Waals surface area contributed by atoms with Crippen LogP contribution in [0.3, 0.4) is 0 Å². The van der Waals surface area contributed by atoms with Crippen molar-refractivity contribution in [3.8, 4) is 0 Å². The molecule has 0 amide bonds. The summed E-state index contributed by atoms with van der Waals surface area (Å²) < 4.78 is 0. The molecule has 0 saturated heterocycles. The Hall–Kier alpha value is -1.51. The Balaban J connectivity index is 1.57. The first kappa shape index (κ1) is 20.4. The van der Waals surface area contributed by atoms with Gasteiger partial charge in [-0.2, -0.15) is 0 Å². The number of carbonyl (C=O) groups is 3. The lowest BCUT2D eigenvalue weighted by molar-refractivity contribution is -0.186. The van der Waals surface area contributed by atoms with Gasteiger partial charge in [-0.3, -0.25) is 14.4 Å². The molecular weight excluding hydrogens is 372 g/mol. The molecule has 0 heterocycles. The summed E-state index contributed by atoms with van der Waals surface area (Å²) in [6.45, 7) is 13.3. The maximum absolute atomic E-state index is 13.0. The van der Waals surface area contributed by atoms with Crippen molar-refractivity contribution in [2.45, 2.75) is 86.5 Å². The number of hydrogen-bond acceptors (Lipinski definition) is 3. The number of hydrogen-bond donors (Lipinski definition) is 0. The van der Waals surface area contributed by atoms with Gasteiger partial charge >= 0.3 is 0 Å². The summed E-state index contributed by atoms with van der Waals surface area (Å²) >= 11 is 0. The number of rotatable bonds is 0. The van der Waals surface area contributed by atoms with Crippen LogP contribution in [-0.2, 0) is 14.4 Å². The van der Waals surface area contributed by atoms with Crippen LogP contribution in [0.5, 0.6) is 0 Å². The van der Waals surface area contributed by atoms with Crippen LogP contribution in [0.4, 0.5) is 0 Å². The van der Waals surface area contributed by atoms with Crippen LogP contribution in [-0.4, -0.2) is 17.3 Å². The molecule has 0 aromatic carbocycles. The van der Waals surface area contributed by atoms with Crippen molar-refractivity contribution in [1.82, 2.24) is 0 Å². The fraction of sp³-hybridized carbons (Fsp3) is 0.741. The lowest BCUT2D eigenvalue weighted by atomic mass is 9.37. The number of Topliss-reactive ketones (excluding diaryl/α,β-unsaturated/α-hetero) is 2. The number of allylic oxidation sites excluding steroid dienone is 4. The molecule has 0 spiro atoms. The summed E-state index contributed by atoms with van der Waals surface area (Å²) in [5.74, 6) is 1.95. The maximum Gasteiger partial charge on any atom is 0.185 e. The van der Waals surface area contributed by atoms with Gasteiger partial charge in [-0.15, -0.1) is 0 Å². The normalized spacial score (nSPS) is 47.3. The van der Waals surface area contributed by atoms with Gasteiger partial charge in [0.25, 0.3) is 0 Å². The van der Waals surface area contributed by atoms with Crippen molar-refractivity contribution in [3.63, 3.8) is 0 Å². The van der Waals surface area contributed by atoms with Gasteiger partial charge in [0.2, 0.25) is 0 Å². The van der Waals surface area contributed by atoms with Gasteiger partial charge in [0.1, 0.15) is 5.78 Å². The van der Waals surface area contributed by atoms with Gasteiger partial charge in [0, 0.05) is 34.0 Å². The quantitative estimate of drug-likeness (QED) is 0.488. The van der Waals surface area contributed by atoms with Crippen LogP contribution >= 0.6 is 0 Å². The fourth-order valence-corrected chi connectivity index (χ4v) is 9.43. The van der Waals surface area contributed by atoms with Crippen LogP contribution < -0.4 is 0 Å². The average Bonchev–Trinajstić information content (AvgIpc) is 2.98. The second kappa shape index (κ2) is 5.84. The van der Waals surface area contributed by atoms with E-state index in [4.69, 9.17) is 0 Å². The topological polar surface area (TPSA) is 51.2 Å². The molecule has 3 saturated carbocycles. The minimum absolute atomic E-state index is 0.0819. The minimum Gasteiger partial charge on any atom is -0.299 e. The molecule has 0 aromatic heterocycles. The average molecular weight is 409 g/mol. The van der Waals surface area contributed by atoms with E-state index in [1.807, 2.05) is 0 Å². The Kier molecular flexibility index (Phi) is 3.97. The van der Waals surface area contributed by atoms with Gasteiger partial charge in [-0.25, -0.2) is 0 Å². The molecule has 6 atom stereocenters. The zero-order valence-corrected chi connectivity index (χ0v) is 19.5. The second-order valence-electron chi connectivity index (χ2n) is 12.4. The van der Waals surface area contributed by atoms with E-state index in [1.165, 1.54) is 0 Å². The Bertz CT molecular complexity index is 949. The molecule has 3 nitrogen and oxygen atoms in total. The number of carbonyl (C=O) groups excluding carboxylic acids is 3. The molecule has 0 radical (unpaired) electrons.